The Morgan fingerprint density at radius 1 is 1.00 bits per heavy atom. The number of nitrogens with zero attached hydrogens (tertiary/aromatic N) is 2. The lowest BCUT2D eigenvalue weighted by Crippen LogP contribution is -2.03. The van der Waals surface area contributed by atoms with Gasteiger partial charge in [0.1, 0.15) is 17.5 Å². The second-order valence-corrected chi connectivity index (χ2v) is 5.83. The molecule has 0 aliphatic heterocycles. The van der Waals surface area contributed by atoms with Crippen LogP contribution in [0.1, 0.15) is 28.7 Å². The van der Waals surface area contributed by atoms with Crippen molar-refractivity contribution < 1.29 is 9.90 Å². The van der Waals surface area contributed by atoms with E-state index >= 15 is 0 Å². The predicted octanol–water partition coefficient (Wildman–Crippen LogP) is 4.53. The van der Waals surface area contributed by atoms with Crippen molar-refractivity contribution in [3.8, 4) is 0 Å². The van der Waals surface area contributed by atoms with Crippen LogP contribution in [0.3, 0.4) is 0 Å². The Labute approximate surface area is 152 Å². The monoisotopic (exact) mass is 348 g/mol. The molecule has 3 rings (SSSR count). The van der Waals surface area contributed by atoms with Crippen molar-refractivity contribution in [2.45, 2.75) is 20.3 Å². The number of aromatic carboxylic acids is 1. The molecule has 132 valence electrons. The van der Waals surface area contributed by atoms with E-state index in [-0.39, 0.29) is 5.56 Å². The first-order chi connectivity index (χ1) is 12.5. The van der Waals surface area contributed by atoms with Gasteiger partial charge in [-0.1, -0.05) is 31.2 Å². The Hall–Kier alpha value is -3.41. The van der Waals surface area contributed by atoms with E-state index in [1.165, 1.54) is 5.56 Å². The van der Waals surface area contributed by atoms with Crippen molar-refractivity contribution in [3.05, 3.63) is 71.5 Å². The highest BCUT2D eigenvalue weighted by atomic mass is 16.4. The van der Waals surface area contributed by atoms with Crippen LogP contribution in [0, 0.1) is 6.92 Å². The van der Waals surface area contributed by atoms with Crippen LogP contribution in [0.2, 0.25) is 0 Å². The van der Waals surface area contributed by atoms with Crippen molar-refractivity contribution in [1.29, 1.82) is 0 Å². The normalized spacial score (nSPS) is 10.4. The minimum absolute atomic E-state index is 0.219. The molecule has 1 heterocycles. The first kappa shape index (κ1) is 17.4. The molecule has 0 fully saturated rings. The zero-order chi connectivity index (χ0) is 18.5. The molecule has 0 unspecified atom stereocenters. The Bertz CT molecular complexity index is 941. The van der Waals surface area contributed by atoms with Gasteiger partial charge in [0.05, 0.1) is 5.56 Å². The van der Waals surface area contributed by atoms with Crippen LogP contribution < -0.4 is 10.6 Å². The number of anilines is 4. The lowest BCUT2D eigenvalue weighted by Gasteiger charge is -2.13. The van der Waals surface area contributed by atoms with E-state index in [2.05, 4.69) is 33.6 Å². The minimum atomic E-state index is -0.967. The third-order valence-corrected chi connectivity index (χ3v) is 3.88. The van der Waals surface area contributed by atoms with Crippen LogP contribution >= 0.6 is 0 Å². The SMILES string of the molecule is CCc1ccccc1Nc1cc(Nc2cccc(C(=O)O)c2)nc(C)n1. The van der Waals surface area contributed by atoms with E-state index in [1.54, 1.807) is 30.3 Å². The first-order valence-corrected chi connectivity index (χ1v) is 8.36. The highest BCUT2D eigenvalue weighted by Crippen LogP contribution is 2.23. The summed E-state index contributed by atoms with van der Waals surface area (Å²) in [6.45, 7) is 3.92. The first-order valence-electron chi connectivity index (χ1n) is 8.36. The molecule has 6 heteroatoms. The Kier molecular flexibility index (Phi) is 5.12. The van der Waals surface area contributed by atoms with Gasteiger partial charge in [-0.2, -0.15) is 0 Å². The van der Waals surface area contributed by atoms with E-state index in [9.17, 15) is 4.79 Å². The van der Waals surface area contributed by atoms with Gasteiger partial charge in [0.15, 0.2) is 0 Å². The number of nitrogens with one attached hydrogen (secondary N) is 2. The van der Waals surface area contributed by atoms with Gasteiger partial charge in [0.25, 0.3) is 0 Å². The molecule has 1 aromatic heterocycles. The largest absolute Gasteiger partial charge is 0.478 e. The van der Waals surface area contributed by atoms with E-state index in [0.717, 1.165) is 12.1 Å². The molecule has 0 saturated heterocycles. The van der Waals surface area contributed by atoms with Gasteiger partial charge in [-0.15, -0.1) is 0 Å². The summed E-state index contributed by atoms with van der Waals surface area (Å²) < 4.78 is 0. The van der Waals surface area contributed by atoms with Crippen LogP contribution in [0.4, 0.5) is 23.0 Å². The summed E-state index contributed by atoms with van der Waals surface area (Å²) in [5.74, 6) is 0.915. The summed E-state index contributed by atoms with van der Waals surface area (Å²) in [6.07, 6.45) is 0.917. The Morgan fingerprint density at radius 3 is 2.46 bits per heavy atom. The molecule has 0 aliphatic rings. The van der Waals surface area contributed by atoms with Crippen LogP contribution in [0.15, 0.2) is 54.6 Å². The lowest BCUT2D eigenvalue weighted by molar-refractivity contribution is 0.0697. The minimum Gasteiger partial charge on any atom is -0.478 e. The van der Waals surface area contributed by atoms with Crippen LogP contribution in [-0.4, -0.2) is 21.0 Å². The fourth-order valence-corrected chi connectivity index (χ4v) is 2.66. The van der Waals surface area contributed by atoms with Gasteiger partial charge in [-0.25, -0.2) is 14.8 Å². The third kappa shape index (κ3) is 4.16. The summed E-state index contributed by atoms with van der Waals surface area (Å²) in [5.41, 5.74) is 3.08. The molecule has 3 N–H and O–H groups in total. The molecule has 0 atom stereocenters. The second-order valence-electron chi connectivity index (χ2n) is 5.83. The number of carboxylic acid groups (broad SMARTS) is 1. The summed E-state index contributed by atoms with van der Waals surface area (Å²) in [7, 11) is 0. The third-order valence-electron chi connectivity index (χ3n) is 3.88. The highest BCUT2D eigenvalue weighted by molar-refractivity contribution is 5.89. The van der Waals surface area contributed by atoms with E-state index < -0.39 is 5.97 Å². The van der Waals surface area contributed by atoms with Crippen molar-refractivity contribution >= 4 is 29.0 Å². The quantitative estimate of drug-likeness (QED) is 0.606. The molecule has 6 nitrogen and oxygen atoms in total. The van der Waals surface area contributed by atoms with E-state index in [0.29, 0.717) is 23.1 Å². The molecule has 0 spiro atoms. The van der Waals surface area contributed by atoms with E-state index in [1.807, 2.05) is 25.1 Å². The maximum Gasteiger partial charge on any atom is 0.335 e. The number of rotatable bonds is 6. The standard InChI is InChI=1S/C20H20N4O2/c1-3-14-7-4-5-10-17(14)24-19-12-18(21-13(2)22-19)23-16-9-6-8-15(11-16)20(25)26/h4-12H,3H2,1-2H3,(H,25,26)(H2,21,22,23,24). The number of aromatic nitrogens is 2. The second kappa shape index (κ2) is 7.65. The van der Waals surface area contributed by atoms with Gasteiger partial charge >= 0.3 is 5.97 Å². The van der Waals surface area contributed by atoms with Gasteiger partial charge < -0.3 is 15.7 Å². The number of hydrogen-bond acceptors (Lipinski definition) is 5. The lowest BCUT2D eigenvalue weighted by atomic mass is 10.1. The van der Waals surface area contributed by atoms with Crippen LogP contribution in [0.25, 0.3) is 0 Å². The maximum absolute atomic E-state index is 11.1. The number of aryl methyl sites for hydroxylation is 2. The average molecular weight is 348 g/mol. The molecule has 0 aliphatic carbocycles. The molecule has 0 radical (unpaired) electrons. The van der Waals surface area contributed by atoms with Gasteiger partial charge in [0, 0.05) is 17.4 Å². The number of carbonyl (C=O) groups is 1. The number of carboxylic acids is 1. The van der Waals surface area contributed by atoms with Gasteiger partial charge in [0.2, 0.25) is 0 Å². The van der Waals surface area contributed by atoms with Crippen molar-refractivity contribution in [1.82, 2.24) is 9.97 Å². The highest BCUT2D eigenvalue weighted by Gasteiger charge is 2.07. The molecule has 3 aromatic rings. The molecular weight excluding hydrogens is 328 g/mol. The molecule has 0 bridgehead atoms. The zero-order valence-electron chi connectivity index (χ0n) is 14.7. The smallest absolute Gasteiger partial charge is 0.335 e. The summed E-state index contributed by atoms with van der Waals surface area (Å²) >= 11 is 0. The van der Waals surface area contributed by atoms with E-state index in [4.69, 9.17) is 5.11 Å². The summed E-state index contributed by atoms with van der Waals surface area (Å²) in [5, 5.41) is 15.6. The average Bonchev–Trinajstić information content (AvgIpc) is 2.62. The Balaban J connectivity index is 1.86. The van der Waals surface area contributed by atoms with Crippen molar-refractivity contribution in [2.75, 3.05) is 10.6 Å². The predicted molar refractivity (Wildman–Crippen MR) is 103 cm³/mol. The van der Waals surface area contributed by atoms with Gasteiger partial charge in [-0.05, 0) is 43.2 Å². The number of para-hydroxylation sites is 1. The fourth-order valence-electron chi connectivity index (χ4n) is 2.66. The molecular formula is C20H20N4O2. The molecule has 2 aromatic carbocycles. The molecule has 0 saturated carbocycles. The summed E-state index contributed by atoms with van der Waals surface area (Å²) in [6, 6.07) is 16.5. The summed E-state index contributed by atoms with van der Waals surface area (Å²) in [4.78, 5) is 19.9. The topological polar surface area (TPSA) is 87.1 Å². The number of benzene rings is 2. The van der Waals surface area contributed by atoms with Crippen molar-refractivity contribution in [3.63, 3.8) is 0 Å². The van der Waals surface area contributed by atoms with Crippen molar-refractivity contribution in [2.24, 2.45) is 0 Å². The number of hydrogen-bond donors (Lipinski definition) is 3. The zero-order valence-corrected chi connectivity index (χ0v) is 14.7. The molecule has 0 amide bonds. The fraction of sp³-hybridized carbons (Fsp3) is 0.150. The van der Waals surface area contributed by atoms with Gasteiger partial charge in [-0.3, -0.25) is 0 Å². The Morgan fingerprint density at radius 2 is 1.73 bits per heavy atom. The van der Waals surface area contributed by atoms with Crippen LogP contribution in [0.5, 0.6) is 0 Å². The maximum atomic E-state index is 11.1. The van der Waals surface area contributed by atoms with Crippen LogP contribution in [-0.2, 0) is 6.42 Å². The molecule has 26 heavy (non-hydrogen) atoms.